The molecule has 1 N–H and O–H groups in total. The van der Waals surface area contributed by atoms with Crippen LogP contribution in [0.5, 0.6) is 5.75 Å². The lowest BCUT2D eigenvalue weighted by molar-refractivity contribution is -0.128. The van der Waals surface area contributed by atoms with Crippen molar-refractivity contribution in [3.05, 3.63) is 59.9 Å². The Kier molecular flexibility index (Phi) is 8.69. The lowest BCUT2D eigenvalue weighted by atomic mass is 10.1. The highest BCUT2D eigenvalue weighted by Crippen LogP contribution is 2.26. The van der Waals surface area contributed by atoms with Crippen molar-refractivity contribution in [3.63, 3.8) is 0 Å². The predicted molar refractivity (Wildman–Crippen MR) is 128 cm³/mol. The zero-order valence-corrected chi connectivity index (χ0v) is 19.6. The third-order valence-corrected chi connectivity index (χ3v) is 6.39. The number of ether oxygens (including phenoxy) is 2. The monoisotopic (exact) mass is 452 g/mol. The van der Waals surface area contributed by atoms with E-state index < -0.39 is 0 Å². The van der Waals surface area contributed by atoms with Gasteiger partial charge in [0.2, 0.25) is 5.91 Å². The van der Waals surface area contributed by atoms with Crippen molar-refractivity contribution in [3.8, 4) is 5.75 Å². The smallest absolute Gasteiger partial charge is 0.242 e. The van der Waals surface area contributed by atoms with E-state index in [1.165, 1.54) is 5.56 Å². The van der Waals surface area contributed by atoms with Gasteiger partial charge in [-0.25, -0.2) is 0 Å². The summed E-state index contributed by atoms with van der Waals surface area (Å²) in [4.78, 5) is 22.1. The molecule has 7 nitrogen and oxygen atoms in total. The summed E-state index contributed by atoms with van der Waals surface area (Å²) in [6.07, 6.45) is 7.08. The van der Waals surface area contributed by atoms with Crippen LogP contribution >= 0.6 is 0 Å². The molecule has 2 atom stereocenters. The summed E-state index contributed by atoms with van der Waals surface area (Å²) in [7, 11) is 0. The second-order valence-corrected chi connectivity index (χ2v) is 8.85. The van der Waals surface area contributed by atoms with Crippen LogP contribution in [0.1, 0.15) is 43.4 Å². The fourth-order valence-corrected chi connectivity index (χ4v) is 4.65. The SMILES string of the molecule is CCCCC1CN(CCNC(=O)C(c2cccnc2)N2CCOCC2)Cc2ccccc2O1. The van der Waals surface area contributed by atoms with Gasteiger partial charge in [0.15, 0.2) is 0 Å². The van der Waals surface area contributed by atoms with Gasteiger partial charge in [-0.15, -0.1) is 0 Å². The van der Waals surface area contributed by atoms with Crippen molar-refractivity contribution in [2.75, 3.05) is 45.9 Å². The molecule has 1 saturated heterocycles. The van der Waals surface area contributed by atoms with E-state index in [1.807, 2.05) is 18.2 Å². The van der Waals surface area contributed by atoms with E-state index in [1.54, 1.807) is 12.4 Å². The molecule has 0 aliphatic carbocycles. The zero-order chi connectivity index (χ0) is 22.9. The number of carbonyl (C=O) groups excluding carboxylic acids is 1. The van der Waals surface area contributed by atoms with Crippen LogP contribution in [-0.4, -0.2) is 72.7 Å². The average molecular weight is 453 g/mol. The van der Waals surface area contributed by atoms with Gasteiger partial charge in [0.25, 0.3) is 0 Å². The summed E-state index contributed by atoms with van der Waals surface area (Å²) in [6, 6.07) is 11.8. The largest absolute Gasteiger partial charge is 0.489 e. The van der Waals surface area contributed by atoms with Crippen LogP contribution in [0.2, 0.25) is 0 Å². The van der Waals surface area contributed by atoms with Gasteiger partial charge in [0.05, 0.1) is 13.2 Å². The van der Waals surface area contributed by atoms with Crippen LogP contribution < -0.4 is 10.1 Å². The minimum absolute atomic E-state index is 0.0268. The summed E-state index contributed by atoms with van der Waals surface area (Å²) in [5.41, 5.74) is 2.14. The highest BCUT2D eigenvalue weighted by atomic mass is 16.5. The Hall–Kier alpha value is -2.48. The molecule has 0 radical (unpaired) electrons. The zero-order valence-electron chi connectivity index (χ0n) is 19.6. The van der Waals surface area contributed by atoms with Crippen molar-refractivity contribution in [1.82, 2.24) is 20.1 Å². The summed E-state index contributed by atoms with van der Waals surface area (Å²) >= 11 is 0. The van der Waals surface area contributed by atoms with Gasteiger partial charge in [-0.05, 0) is 30.5 Å². The summed E-state index contributed by atoms with van der Waals surface area (Å²) in [6.45, 7) is 8.10. The summed E-state index contributed by atoms with van der Waals surface area (Å²) < 4.78 is 11.8. The van der Waals surface area contributed by atoms with Gasteiger partial charge < -0.3 is 14.8 Å². The molecule has 0 bridgehead atoms. The van der Waals surface area contributed by atoms with Gasteiger partial charge in [-0.1, -0.05) is 37.6 Å². The Morgan fingerprint density at radius 1 is 1.21 bits per heavy atom. The number of fused-ring (bicyclic) bond motifs is 1. The van der Waals surface area contributed by atoms with Crippen LogP contribution in [0.4, 0.5) is 0 Å². The standard InChI is InChI=1S/C26H36N4O3/c1-2-3-9-23-20-29(19-22-7-4-5-10-24(22)33-23)13-12-28-26(31)25(21-8-6-11-27-18-21)30-14-16-32-17-15-30/h4-8,10-11,18,23,25H,2-3,9,12-17,19-20H2,1H3,(H,28,31). The first-order valence-corrected chi connectivity index (χ1v) is 12.2. The molecular weight excluding hydrogens is 416 g/mol. The Morgan fingerprint density at radius 2 is 2.06 bits per heavy atom. The quantitative estimate of drug-likeness (QED) is 0.631. The number of hydrogen-bond acceptors (Lipinski definition) is 6. The first kappa shape index (κ1) is 23.7. The number of hydrogen-bond donors (Lipinski definition) is 1. The van der Waals surface area contributed by atoms with Crippen molar-refractivity contribution >= 4 is 5.91 Å². The van der Waals surface area contributed by atoms with E-state index in [0.717, 1.165) is 63.3 Å². The highest BCUT2D eigenvalue weighted by Gasteiger charge is 2.29. The number of benzene rings is 1. The van der Waals surface area contributed by atoms with Crippen molar-refractivity contribution < 1.29 is 14.3 Å². The molecule has 0 spiro atoms. The molecule has 2 aliphatic heterocycles. The van der Waals surface area contributed by atoms with E-state index in [4.69, 9.17) is 9.47 Å². The Bertz CT molecular complexity index is 873. The minimum Gasteiger partial charge on any atom is -0.489 e. The molecule has 2 aliphatic rings. The number of aromatic nitrogens is 1. The number of carbonyl (C=O) groups is 1. The van der Waals surface area contributed by atoms with Crippen molar-refractivity contribution in [2.24, 2.45) is 0 Å². The van der Waals surface area contributed by atoms with E-state index in [2.05, 4.69) is 45.2 Å². The Morgan fingerprint density at radius 3 is 2.85 bits per heavy atom. The van der Waals surface area contributed by atoms with Crippen LogP contribution in [0.15, 0.2) is 48.8 Å². The maximum atomic E-state index is 13.3. The normalized spacial score (nSPS) is 20.3. The fourth-order valence-electron chi connectivity index (χ4n) is 4.65. The van der Waals surface area contributed by atoms with Crippen LogP contribution in [0.3, 0.4) is 0 Å². The second-order valence-electron chi connectivity index (χ2n) is 8.85. The molecule has 3 heterocycles. The van der Waals surface area contributed by atoms with Crippen LogP contribution in [0, 0.1) is 0 Å². The lowest BCUT2D eigenvalue weighted by Crippen LogP contribution is -2.47. The van der Waals surface area contributed by atoms with Gasteiger partial charge >= 0.3 is 0 Å². The van der Waals surface area contributed by atoms with Crippen LogP contribution in [0.25, 0.3) is 0 Å². The van der Waals surface area contributed by atoms with E-state index in [0.29, 0.717) is 19.8 Å². The van der Waals surface area contributed by atoms with Gasteiger partial charge in [-0.3, -0.25) is 19.6 Å². The van der Waals surface area contributed by atoms with E-state index in [-0.39, 0.29) is 18.1 Å². The third-order valence-electron chi connectivity index (χ3n) is 6.39. The maximum Gasteiger partial charge on any atom is 0.242 e. The molecule has 178 valence electrons. The van der Waals surface area contributed by atoms with Crippen LogP contribution in [-0.2, 0) is 16.1 Å². The Balaban J connectivity index is 1.38. The number of morpholine rings is 1. The third kappa shape index (κ3) is 6.53. The highest BCUT2D eigenvalue weighted by molar-refractivity contribution is 5.83. The van der Waals surface area contributed by atoms with Crippen molar-refractivity contribution in [1.29, 1.82) is 0 Å². The molecule has 4 rings (SSSR count). The Labute approximate surface area is 197 Å². The number of pyridine rings is 1. The predicted octanol–water partition coefficient (Wildman–Crippen LogP) is 3.02. The van der Waals surface area contributed by atoms with E-state index in [9.17, 15) is 4.79 Å². The minimum atomic E-state index is -0.340. The first-order valence-electron chi connectivity index (χ1n) is 12.2. The lowest BCUT2D eigenvalue weighted by Gasteiger charge is -2.33. The van der Waals surface area contributed by atoms with Gasteiger partial charge in [-0.2, -0.15) is 0 Å². The van der Waals surface area contributed by atoms with Gasteiger partial charge in [0, 0.05) is 57.2 Å². The summed E-state index contributed by atoms with van der Waals surface area (Å²) in [5, 5.41) is 3.20. The molecular formula is C26H36N4O3. The number of nitrogens with one attached hydrogen (secondary N) is 1. The number of para-hydroxylation sites is 1. The summed E-state index contributed by atoms with van der Waals surface area (Å²) in [5.74, 6) is 1.02. The molecule has 2 aromatic rings. The number of rotatable bonds is 9. The topological polar surface area (TPSA) is 66.9 Å². The molecule has 1 amide bonds. The average Bonchev–Trinajstić information content (AvgIpc) is 3.03. The first-order chi connectivity index (χ1) is 16.2. The molecule has 1 aromatic heterocycles. The molecule has 1 fully saturated rings. The molecule has 0 saturated carbocycles. The number of amides is 1. The second kappa shape index (κ2) is 12.1. The van der Waals surface area contributed by atoms with Crippen molar-refractivity contribution in [2.45, 2.75) is 44.9 Å². The van der Waals surface area contributed by atoms with E-state index >= 15 is 0 Å². The molecule has 7 heteroatoms. The van der Waals surface area contributed by atoms with Gasteiger partial charge in [0.1, 0.15) is 17.9 Å². The number of unbranched alkanes of at least 4 members (excludes halogenated alkanes) is 1. The molecule has 2 unspecified atom stereocenters. The molecule has 33 heavy (non-hydrogen) atoms. The fraction of sp³-hybridized carbons (Fsp3) is 0.538. The maximum absolute atomic E-state index is 13.3. The molecule has 1 aromatic carbocycles. The number of nitrogens with zero attached hydrogens (tertiary/aromatic N) is 3.